The Morgan fingerprint density at radius 3 is 2.74 bits per heavy atom. The summed E-state index contributed by atoms with van der Waals surface area (Å²) in [6, 6.07) is 3.73. The van der Waals surface area contributed by atoms with Crippen LogP contribution in [0.5, 0.6) is 0 Å². The van der Waals surface area contributed by atoms with Crippen molar-refractivity contribution < 1.29 is 9.21 Å². The van der Waals surface area contributed by atoms with E-state index in [-0.39, 0.29) is 29.8 Å². The lowest BCUT2D eigenvalue weighted by atomic mass is 9.79. The second-order valence-corrected chi connectivity index (χ2v) is 6.24. The van der Waals surface area contributed by atoms with Gasteiger partial charge in [-0.05, 0) is 30.2 Å². The SMILES string of the molecule is CSc1ccc(C(=O)N2CCC(N)C(C)(C)C2)o1.Cl. The fourth-order valence-electron chi connectivity index (χ4n) is 2.25. The highest BCUT2D eigenvalue weighted by Crippen LogP contribution is 2.29. The van der Waals surface area contributed by atoms with E-state index in [0.29, 0.717) is 18.8 Å². The molecule has 1 amide bonds. The Morgan fingerprint density at radius 2 is 2.21 bits per heavy atom. The van der Waals surface area contributed by atoms with Gasteiger partial charge in [0.2, 0.25) is 0 Å². The zero-order valence-corrected chi connectivity index (χ0v) is 13.1. The van der Waals surface area contributed by atoms with Crippen LogP contribution in [0.25, 0.3) is 0 Å². The van der Waals surface area contributed by atoms with Crippen molar-refractivity contribution in [3.63, 3.8) is 0 Å². The number of carbonyl (C=O) groups is 1. The summed E-state index contributed by atoms with van der Waals surface area (Å²) in [5.41, 5.74) is 6.04. The number of hydrogen-bond acceptors (Lipinski definition) is 4. The predicted molar refractivity (Wildman–Crippen MR) is 80.0 cm³/mol. The molecule has 1 fully saturated rings. The largest absolute Gasteiger partial charge is 0.445 e. The zero-order valence-electron chi connectivity index (χ0n) is 11.5. The van der Waals surface area contributed by atoms with Gasteiger partial charge in [0.05, 0.1) is 0 Å². The Morgan fingerprint density at radius 1 is 1.53 bits per heavy atom. The third-order valence-corrected chi connectivity index (χ3v) is 4.21. The molecule has 19 heavy (non-hydrogen) atoms. The van der Waals surface area contributed by atoms with Crippen LogP contribution in [0.2, 0.25) is 0 Å². The van der Waals surface area contributed by atoms with Crippen LogP contribution in [-0.4, -0.2) is 36.2 Å². The third kappa shape index (κ3) is 3.46. The average molecular weight is 305 g/mol. The van der Waals surface area contributed by atoms with Crippen LogP contribution in [0, 0.1) is 5.41 Å². The predicted octanol–water partition coefficient (Wildman–Crippen LogP) is 2.62. The number of halogens is 1. The smallest absolute Gasteiger partial charge is 0.289 e. The molecule has 2 heterocycles. The van der Waals surface area contributed by atoms with E-state index in [1.165, 1.54) is 11.8 Å². The standard InChI is InChI=1S/C13H20N2O2S.ClH/c1-13(2)8-15(7-6-10(13)14)12(16)9-4-5-11(17-9)18-3;/h4-5,10H,6-8,14H2,1-3H3;1H. The molecule has 1 unspecified atom stereocenters. The number of carbonyl (C=O) groups excluding carboxylic acids is 1. The van der Waals surface area contributed by atoms with Gasteiger partial charge in [0.25, 0.3) is 5.91 Å². The number of likely N-dealkylation sites (tertiary alicyclic amines) is 1. The number of piperidine rings is 1. The maximum absolute atomic E-state index is 12.3. The first-order valence-electron chi connectivity index (χ1n) is 6.13. The number of nitrogens with two attached hydrogens (primary N) is 1. The van der Waals surface area contributed by atoms with Crippen LogP contribution in [0.4, 0.5) is 0 Å². The van der Waals surface area contributed by atoms with Crippen LogP contribution in [0.15, 0.2) is 21.6 Å². The van der Waals surface area contributed by atoms with Gasteiger partial charge in [0, 0.05) is 19.1 Å². The van der Waals surface area contributed by atoms with Gasteiger partial charge in [-0.15, -0.1) is 12.4 Å². The number of thioether (sulfide) groups is 1. The first kappa shape index (κ1) is 16.4. The first-order chi connectivity index (χ1) is 8.44. The van der Waals surface area contributed by atoms with Crippen LogP contribution in [0.1, 0.15) is 30.8 Å². The molecule has 0 aliphatic carbocycles. The Bertz CT molecular complexity index is 448. The summed E-state index contributed by atoms with van der Waals surface area (Å²) in [6.45, 7) is 5.60. The van der Waals surface area contributed by atoms with Crippen LogP contribution >= 0.6 is 24.2 Å². The average Bonchev–Trinajstić information content (AvgIpc) is 2.80. The van der Waals surface area contributed by atoms with Crippen molar-refractivity contribution in [2.75, 3.05) is 19.3 Å². The van der Waals surface area contributed by atoms with Gasteiger partial charge in [-0.25, -0.2) is 0 Å². The second kappa shape index (κ2) is 6.20. The molecule has 108 valence electrons. The maximum atomic E-state index is 12.3. The molecular formula is C13H21ClN2O2S. The number of rotatable bonds is 2. The third-order valence-electron chi connectivity index (χ3n) is 3.59. The molecule has 2 rings (SSSR count). The number of hydrogen-bond donors (Lipinski definition) is 1. The van der Waals surface area contributed by atoms with Crippen molar-refractivity contribution in [3.8, 4) is 0 Å². The molecule has 4 nitrogen and oxygen atoms in total. The van der Waals surface area contributed by atoms with E-state index in [4.69, 9.17) is 10.2 Å². The molecule has 1 saturated heterocycles. The zero-order chi connectivity index (χ0) is 13.3. The van der Waals surface area contributed by atoms with Crippen molar-refractivity contribution >= 4 is 30.1 Å². The minimum atomic E-state index is -0.0389. The van der Waals surface area contributed by atoms with Crippen molar-refractivity contribution in [3.05, 3.63) is 17.9 Å². The molecule has 1 aromatic heterocycles. The number of furan rings is 1. The van der Waals surface area contributed by atoms with Gasteiger partial charge in [-0.3, -0.25) is 4.79 Å². The van der Waals surface area contributed by atoms with Gasteiger partial charge < -0.3 is 15.1 Å². The van der Waals surface area contributed by atoms with E-state index in [0.717, 1.165) is 11.5 Å². The van der Waals surface area contributed by atoms with Crippen LogP contribution < -0.4 is 5.73 Å². The Kier molecular flexibility index (Phi) is 5.35. The van der Waals surface area contributed by atoms with Gasteiger partial charge in [0.1, 0.15) is 0 Å². The van der Waals surface area contributed by atoms with Crippen molar-refractivity contribution in [2.24, 2.45) is 11.1 Å². The van der Waals surface area contributed by atoms with Gasteiger partial charge >= 0.3 is 0 Å². The summed E-state index contributed by atoms with van der Waals surface area (Å²) in [5, 5.41) is 0.770. The minimum absolute atomic E-state index is 0. The molecule has 1 atom stereocenters. The van der Waals surface area contributed by atoms with Gasteiger partial charge in [0.15, 0.2) is 10.9 Å². The molecular weight excluding hydrogens is 284 g/mol. The highest BCUT2D eigenvalue weighted by Gasteiger charge is 2.36. The van der Waals surface area contributed by atoms with Gasteiger partial charge in [-0.1, -0.05) is 25.6 Å². The lowest BCUT2D eigenvalue weighted by Crippen LogP contribution is -2.53. The van der Waals surface area contributed by atoms with Crippen LogP contribution in [0.3, 0.4) is 0 Å². The molecule has 1 aliphatic rings. The molecule has 0 aromatic carbocycles. The Balaban J connectivity index is 0.00000180. The number of amides is 1. The lowest BCUT2D eigenvalue weighted by molar-refractivity contribution is 0.0499. The highest BCUT2D eigenvalue weighted by molar-refractivity contribution is 7.98. The summed E-state index contributed by atoms with van der Waals surface area (Å²) in [6.07, 6.45) is 2.77. The molecule has 0 radical (unpaired) electrons. The van der Waals surface area contributed by atoms with E-state index in [9.17, 15) is 4.79 Å². The summed E-state index contributed by atoms with van der Waals surface area (Å²) in [7, 11) is 0. The first-order valence-corrected chi connectivity index (χ1v) is 7.35. The van der Waals surface area contributed by atoms with E-state index in [1.807, 2.05) is 17.2 Å². The Hall–Kier alpha value is -0.650. The summed E-state index contributed by atoms with van der Waals surface area (Å²) < 4.78 is 5.48. The van der Waals surface area contributed by atoms with E-state index in [1.54, 1.807) is 6.07 Å². The molecule has 2 N–H and O–H groups in total. The Labute approximate surface area is 124 Å². The van der Waals surface area contributed by atoms with Crippen molar-refractivity contribution in [1.29, 1.82) is 0 Å². The molecule has 0 saturated carbocycles. The molecule has 0 spiro atoms. The minimum Gasteiger partial charge on any atom is -0.445 e. The van der Waals surface area contributed by atoms with Gasteiger partial charge in [-0.2, -0.15) is 0 Å². The summed E-state index contributed by atoms with van der Waals surface area (Å²) >= 11 is 1.50. The quantitative estimate of drug-likeness (QED) is 0.853. The summed E-state index contributed by atoms with van der Waals surface area (Å²) in [4.78, 5) is 14.1. The second-order valence-electron chi connectivity index (χ2n) is 5.43. The molecule has 6 heteroatoms. The van der Waals surface area contributed by atoms with E-state index < -0.39 is 0 Å². The van der Waals surface area contributed by atoms with E-state index in [2.05, 4.69) is 13.8 Å². The monoisotopic (exact) mass is 304 g/mol. The summed E-state index contributed by atoms with van der Waals surface area (Å²) in [5.74, 6) is 0.390. The fraction of sp³-hybridized carbons (Fsp3) is 0.615. The number of nitrogens with zero attached hydrogens (tertiary/aromatic N) is 1. The van der Waals surface area contributed by atoms with Crippen molar-refractivity contribution in [1.82, 2.24) is 4.90 Å². The maximum Gasteiger partial charge on any atom is 0.289 e. The topological polar surface area (TPSA) is 59.5 Å². The van der Waals surface area contributed by atoms with Crippen LogP contribution in [-0.2, 0) is 0 Å². The highest BCUT2D eigenvalue weighted by atomic mass is 35.5. The lowest BCUT2D eigenvalue weighted by Gasteiger charge is -2.42. The normalized spacial score (nSPS) is 21.9. The molecule has 1 aromatic rings. The molecule has 0 bridgehead atoms. The fourth-order valence-corrected chi connectivity index (χ4v) is 2.63. The molecule has 1 aliphatic heterocycles. The van der Waals surface area contributed by atoms with Crippen molar-refractivity contribution in [2.45, 2.75) is 31.4 Å². The van der Waals surface area contributed by atoms with E-state index >= 15 is 0 Å².